The van der Waals surface area contributed by atoms with E-state index in [-0.39, 0.29) is 5.82 Å². The first-order chi connectivity index (χ1) is 8.04. The zero-order valence-electron chi connectivity index (χ0n) is 11.0. The van der Waals surface area contributed by atoms with Gasteiger partial charge in [0.1, 0.15) is 5.82 Å². The molecule has 0 amide bonds. The molecule has 0 aliphatic heterocycles. The molecule has 0 aromatic heterocycles. The molecule has 1 rings (SSSR count). The monoisotopic (exact) mass is 238 g/mol. The highest BCUT2D eigenvalue weighted by molar-refractivity contribution is 5.17. The van der Waals surface area contributed by atoms with Crippen LogP contribution < -0.4 is 5.73 Å². The molecule has 0 aliphatic rings. The van der Waals surface area contributed by atoms with Crippen LogP contribution in [-0.2, 0) is 6.54 Å². The topological polar surface area (TPSA) is 29.3 Å². The average molecular weight is 238 g/mol. The second kappa shape index (κ2) is 6.72. The summed E-state index contributed by atoms with van der Waals surface area (Å²) >= 11 is 0. The third kappa shape index (κ3) is 4.44. The van der Waals surface area contributed by atoms with Gasteiger partial charge in [0.15, 0.2) is 0 Å². The van der Waals surface area contributed by atoms with Crippen molar-refractivity contribution < 1.29 is 4.39 Å². The Kier molecular flexibility index (Phi) is 5.59. The van der Waals surface area contributed by atoms with Crippen LogP contribution in [0, 0.1) is 11.7 Å². The maximum Gasteiger partial charge on any atom is 0.127 e. The van der Waals surface area contributed by atoms with E-state index < -0.39 is 0 Å². The van der Waals surface area contributed by atoms with Crippen molar-refractivity contribution in [2.75, 3.05) is 13.6 Å². The van der Waals surface area contributed by atoms with E-state index in [4.69, 9.17) is 5.73 Å². The van der Waals surface area contributed by atoms with Crippen molar-refractivity contribution in [1.29, 1.82) is 0 Å². The molecule has 0 aliphatic carbocycles. The first-order valence-corrected chi connectivity index (χ1v) is 6.18. The number of halogens is 1. The van der Waals surface area contributed by atoms with Crippen molar-refractivity contribution in [3.8, 4) is 0 Å². The van der Waals surface area contributed by atoms with E-state index in [1.165, 1.54) is 6.07 Å². The molecule has 0 fully saturated rings. The van der Waals surface area contributed by atoms with Gasteiger partial charge in [-0.2, -0.15) is 0 Å². The maximum absolute atomic E-state index is 13.5. The lowest BCUT2D eigenvalue weighted by Gasteiger charge is -2.28. The van der Waals surface area contributed by atoms with Gasteiger partial charge in [-0.3, -0.25) is 4.90 Å². The number of nitrogens with zero attached hydrogens (tertiary/aromatic N) is 1. The van der Waals surface area contributed by atoms with E-state index in [1.54, 1.807) is 6.07 Å². The van der Waals surface area contributed by atoms with E-state index in [9.17, 15) is 4.39 Å². The lowest BCUT2D eigenvalue weighted by molar-refractivity contribution is 0.208. The number of rotatable bonds is 6. The molecule has 0 radical (unpaired) electrons. The molecule has 1 aromatic carbocycles. The average Bonchev–Trinajstić information content (AvgIpc) is 2.28. The number of likely N-dealkylation sites (N-methyl/N-ethyl adjacent to an activating group) is 1. The molecule has 3 heteroatoms. The quantitative estimate of drug-likeness (QED) is 0.825. The van der Waals surface area contributed by atoms with E-state index in [0.29, 0.717) is 25.0 Å². The van der Waals surface area contributed by atoms with Crippen molar-refractivity contribution in [2.45, 2.75) is 32.9 Å². The molecule has 1 unspecified atom stereocenters. The summed E-state index contributed by atoms with van der Waals surface area (Å²) in [5, 5.41) is 0. The van der Waals surface area contributed by atoms with Crippen LogP contribution in [0.15, 0.2) is 24.3 Å². The minimum atomic E-state index is -0.139. The van der Waals surface area contributed by atoms with E-state index in [2.05, 4.69) is 18.7 Å². The lowest BCUT2D eigenvalue weighted by Crippen LogP contribution is -2.38. The minimum absolute atomic E-state index is 0.139. The highest BCUT2D eigenvalue weighted by atomic mass is 19.1. The molecule has 96 valence electrons. The van der Waals surface area contributed by atoms with Crippen LogP contribution in [0.3, 0.4) is 0 Å². The van der Waals surface area contributed by atoms with Gasteiger partial charge >= 0.3 is 0 Å². The van der Waals surface area contributed by atoms with Crippen LogP contribution in [0.5, 0.6) is 0 Å². The molecule has 0 heterocycles. The van der Waals surface area contributed by atoms with Gasteiger partial charge in [0.25, 0.3) is 0 Å². The fourth-order valence-corrected chi connectivity index (χ4v) is 2.02. The van der Waals surface area contributed by atoms with Crippen molar-refractivity contribution >= 4 is 0 Å². The zero-order chi connectivity index (χ0) is 12.8. The number of hydrogen-bond acceptors (Lipinski definition) is 2. The minimum Gasteiger partial charge on any atom is -0.329 e. The summed E-state index contributed by atoms with van der Waals surface area (Å²) in [5.74, 6) is 0.464. The smallest absolute Gasteiger partial charge is 0.127 e. The van der Waals surface area contributed by atoms with E-state index in [1.807, 2.05) is 19.2 Å². The molecular formula is C14H23FN2. The summed E-state index contributed by atoms with van der Waals surface area (Å²) in [4.78, 5) is 2.14. The summed E-state index contributed by atoms with van der Waals surface area (Å²) in [5.41, 5.74) is 6.51. The summed E-state index contributed by atoms with van der Waals surface area (Å²) in [6.07, 6.45) is 1.04. The van der Waals surface area contributed by atoms with Gasteiger partial charge in [0, 0.05) is 24.7 Å². The first kappa shape index (κ1) is 14.1. The molecule has 0 bridgehead atoms. The predicted molar refractivity (Wildman–Crippen MR) is 70.2 cm³/mol. The summed E-state index contributed by atoms with van der Waals surface area (Å²) in [6.45, 7) is 5.59. The number of hydrogen-bond donors (Lipinski definition) is 1. The molecular weight excluding hydrogens is 215 g/mol. The van der Waals surface area contributed by atoms with Crippen LogP contribution in [-0.4, -0.2) is 24.5 Å². The Labute approximate surface area is 104 Å². The van der Waals surface area contributed by atoms with Crippen molar-refractivity contribution in [3.05, 3.63) is 35.6 Å². The van der Waals surface area contributed by atoms with Crippen molar-refractivity contribution in [3.63, 3.8) is 0 Å². The fourth-order valence-electron chi connectivity index (χ4n) is 2.02. The van der Waals surface area contributed by atoms with Gasteiger partial charge < -0.3 is 5.73 Å². The predicted octanol–water partition coefficient (Wildman–Crippen LogP) is 2.63. The Hall–Kier alpha value is -0.930. The normalized spacial score (nSPS) is 13.4. The lowest BCUT2D eigenvalue weighted by atomic mass is 10.0. The molecule has 17 heavy (non-hydrogen) atoms. The van der Waals surface area contributed by atoms with Crippen LogP contribution in [0.2, 0.25) is 0 Å². The Morgan fingerprint density at radius 1 is 1.29 bits per heavy atom. The van der Waals surface area contributed by atoms with Gasteiger partial charge in [0.2, 0.25) is 0 Å². The van der Waals surface area contributed by atoms with Crippen LogP contribution in [0.25, 0.3) is 0 Å². The second-order valence-corrected chi connectivity index (χ2v) is 5.03. The van der Waals surface area contributed by atoms with Gasteiger partial charge in [-0.15, -0.1) is 0 Å². The standard InChI is InChI=1S/C14H23FN2/c1-11(2)8-13(9-16)17(3)10-12-6-4-5-7-14(12)15/h4-7,11,13H,8-10,16H2,1-3H3. The molecule has 2 N–H and O–H groups in total. The number of nitrogens with two attached hydrogens (primary N) is 1. The molecule has 2 nitrogen and oxygen atoms in total. The molecule has 0 spiro atoms. The summed E-state index contributed by atoms with van der Waals surface area (Å²) in [6, 6.07) is 7.23. The SMILES string of the molecule is CC(C)CC(CN)N(C)Cc1ccccc1F. The number of benzene rings is 1. The molecule has 0 saturated heterocycles. The highest BCUT2D eigenvalue weighted by Crippen LogP contribution is 2.14. The van der Waals surface area contributed by atoms with Crippen LogP contribution in [0.1, 0.15) is 25.8 Å². The molecule has 1 atom stereocenters. The van der Waals surface area contributed by atoms with Gasteiger partial charge in [-0.25, -0.2) is 4.39 Å². The van der Waals surface area contributed by atoms with Gasteiger partial charge in [0.05, 0.1) is 0 Å². The first-order valence-electron chi connectivity index (χ1n) is 6.18. The van der Waals surface area contributed by atoms with Gasteiger partial charge in [-0.05, 0) is 25.5 Å². The Balaban J connectivity index is 2.64. The zero-order valence-corrected chi connectivity index (χ0v) is 11.0. The Bertz CT molecular complexity index is 339. The third-order valence-corrected chi connectivity index (χ3v) is 3.02. The molecule has 0 saturated carbocycles. The summed E-state index contributed by atoms with van der Waals surface area (Å²) < 4.78 is 13.5. The largest absolute Gasteiger partial charge is 0.329 e. The van der Waals surface area contributed by atoms with E-state index in [0.717, 1.165) is 12.0 Å². The Morgan fingerprint density at radius 2 is 1.94 bits per heavy atom. The molecule has 1 aromatic rings. The summed E-state index contributed by atoms with van der Waals surface area (Å²) in [7, 11) is 2.01. The van der Waals surface area contributed by atoms with Crippen molar-refractivity contribution in [2.24, 2.45) is 11.7 Å². The second-order valence-electron chi connectivity index (χ2n) is 5.03. The van der Waals surface area contributed by atoms with Crippen LogP contribution in [0.4, 0.5) is 4.39 Å². The third-order valence-electron chi connectivity index (χ3n) is 3.02. The van der Waals surface area contributed by atoms with E-state index >= 15 is 0 Å². The fraction of sp³-hybridized carbons (Fsp3) is 0.571. The Morgan fingerprint density at radius 3 is 2.47 bits per heavy atom. The van der Waals surface area contributed by atoms with Gasteiger partial charge in [-0.1, -0.05) is 32.0 Å². The van der Waals surface area contributed by atoms with Crippen LogP contribution >= 0.6 is 0 Å². The van der Waals surface area contributed by atoms with Crippen molar-refractivity contribution in [1.82, 2.24) is 4.90 Å². The maximum atomic E-state index is 13.5. The highest BCUT2D eigenvalue weighted by Gasteiger charge is 2.15.